The zero-order valence-corrected chi connectivity index (χ0v) is 13.5. The summed E-state index contributed by atoms with van der Waals surface area (Å²) < 4.78 is 10.6. The van der Waals surface area contributed by atoms with Crippen molar-refractivity contribution in [3.63, 3.8) is 0 Å². The molecule has 1 atom stereocenters. The van der Waals surface area contributed by atoms with Crippen LogP contribution < -0.4 is 15.8 Å². The molecule has 0 saturated carbocycles. The minimum atomic E-state index is -0.163. The third kappa shape index (κ3) is 5.27. The smallest absolute Gasteiger partial charge is 0.258 e. The van der Waals surface area contributed by atoms with Crippen LogP contribution in [-0.2, 0) is 9.53 Å². The molecule has 21 heavy (non-hydrogen) atoms. The third-order valence-corrected chi connectivity index (χ3v) is 3.20. The number of hydrogen-bond donors (Lipinski definition) is 2. The molecule has 0 aliphatic heterocycles. The van der Waals surface area contributed by atoms with Gasteiger partial charge in [-0.15, -0.1) is 0 Å². The lowest BCUT2D eigenvalue weighted by Crippen LogP contribution is -2.38. The number of hydrogen-bond acceptors (Lipinski definition) is 4. The highest BCUT2D eigenvalue weighted by molar-refractivity contribution is 5.77. The number of benzene rings is 1. The summed E-state index contributed by atoms with van der Waals surface area (Å²) in [7, 11) is 1.60. The van der Waals surface area contributed by atoms with Gasteiger partial charge < -0.3 is 20.5 Å². The lowest BCUT2D eigenvalue weighted by molar-refractivity contribution is -0.124. The van der Waals surface area contributed by atoms with Gasteiger partial charge in [-0.3, -0.25) is 4.79 Å². The Morgan fingerprint density at radius 2 is 2.00 bits per heavy atom. The molecule has 1 aromatic rings. The van der Waals surface area contributed by atoms with Crippen LogP contribution in [0.4, 0.5) is 5.69 Å². The van der Waals surface area contributed by atoms with Gasteiger partial charge in [-0.2, -0.15) is 0 Å². The van der Waals surface area contributed by atoms with Gasteiger partial charge in [-0.1, -0.05) is 13.8 Å². The maximum absolute atomic E-state index is 11.8. The number of methoxy groups -OCH3 is 1. The largest absolute Gasteiger partial charge is 0.483 e. The number of ether oxygens (including phenoxy) is 2. The van der Waals surface area contributed by atoms with Crippen LogP contribution in [0.25, 0.3) is 0 Å². The van der Waals surface area contributed by atoms with Crippen LogP contribution in [-0.4, -0.2) is 32.3 Å². The van der Waals surface area contributed by atoms with Gasteiger partial charge in [0.2, 0.25) is 0 Å². The molecule has 0 bridgehead atoms. The second-order valence-corrected chi connectivity index (χ2v) is 5.61. The summed E-state index contributed by atoms with van der Waals surface area (Å²) in [5.74, 6) is 0.827. The maximum atomic E-state index is 11.8. The lowest BCUT2D eigenvalue weighted by Gasteiger charge is -2.17. The molecule has 0 radical (unpaired) electrons. The number of nitrogens with one attached hydrogen (secondary N) is 1. The number of rotatable bonds is 7. The Balaban J connectivity index is 2.70. The molecule has 1 rings (SSSR count). The summed E-state index contributed by atoms with van der Waals surface area (Å²) in [4.78, 5) is 11.8. The fraction of sp³-hybridized carbons (Fsp3) is 0.562. The van der Waals surface area contributed by atoms with E-state index in [2.05, 4.69) is 19.2 Å². The molecule has 1 unspecified atom stereocenters. The summed E-state index contributed by atoms with van der Waals surface area (Å²) in [6.07, 6.45) is 0. The molecule has 0 aliphatic carbocycles. The van der Waals surface area contributed by atoms with Crippen molar-refractivity contribution >= 4 is 11.6 Å². The van der Waals surface area contributed by atoms with Crippen molar-refractivity contribution in [3.05, 3.63) is 23.3 Å². The summed E-state index contributed by atoms with van der Waals surface area (Å²) in [6, 6.07) is 3.76. The van der Waals surface area contributed by atoms with E-state index < -0.39 is 0 Å². The Morgan fingerprint density at radius 1 is 1.33 bits per heavy atom. The van der Waals surface area contributed by atoms with Gasteiger partial charge in [0.05, 0.1) is 6.61 Å². The first kappa shape index (κ1) is 17.3. The van der Waals surface area contributed by atoms with Gasteiger partial charge in [0.1, 0.15) is 5.75 Å². The molecule has 0 saturated heterocycles. The molecule has 118 valence electrons. The molecule has 3 N–H and O–H groups in total. The van der Waals surface area contributed by atoms with Gasteiger partial charge in [0, 0.05) is 18.8 Å². The van der Waals surface area contributed by atoms with Crippen LogP contribution in [0.3, 0.4) is 0 Å². The quantitative estimate of drug-likeness (QED) is 0.756. The van der Waals surface area contributed by atoms with E-state index in [-0.39, 0.29) is 24.5 Å². The topological polar surface area (TPSA) is 73.6 Å². The molecular weight excluding hydrogens is 268 g/mol. The Kier molecular flexibility index (Phi) is 6.49. The van der Waals surface area contributed by atoms with Crippen molar-refractivity contribution in [2.45, 2.75) is 39.7 Å². The van der Waals surface area contributed by atoms with E-state index in [1.54, 1.807) is 7.11 Å². The van der Waals surface area contributed by atoms with Crippen molar-refractivity contribution in [2.24, 2.45) is 0 Å². The Hall–Kier alpha value is -1.75. The first-order chi connectivity index (χ1) is 9.85. The molecule has 0 fully saturated rings. The molecule has 5 nitrogen and oxygen atoms in total. The van der Waals surface area contributed by atoms with E-state index in [0.717, 1.165) is 16.8 Å². The van der Waals surface area contributed by atoms with Crippen LogP contribution in [0.1, 0.15) is 37.8 Å². The Labute approximate surface area is 126 Å². The van der Waals surface area contributed by atoms with Crippen LogP contribution in [0.5, 0.6) is 5.75 Å². The van der Waals surface area contributed by atoms with E-state index in [0.29, 0.717) is 12.4 Å². The summed E-state index contributed by atoms with van der Waals surface area (Å²) in [5, 5.41) is 2.81. The monoisotopic (exact) mass is 294 g/mol. The van der Waals surface area contributed by atoms with E-state index in [4.69, 9.17) is 15.2 Å². The van der Waals surface area contributed by atoms with E-state index in [1.165, 1.54) is 0 Å². The number of carbonyl (C=O) groups is 1. The number of aryl methyl sites for hydroxylation is 1. The minimum absolute atomic E-state index is 0.0167. The lowest BCUT2D eigenvalue weighted by atomic mass is 9.99. The van der Waals surface area contributed by atoms with Crippen LogP contribution in [0.15, 0.2) is 12.1 Å². The van der Waals surface area contributed by atoms with Gasteiger partial charge >= 0.3 is 0 Å². The first-order valence-corrected chi connectivity index (χ1v) is 7.16. The average Bonchev–Trinajstić information content (AvgIpc) is 2.39. The standard InChI is InChI=1S/C16H26N2O3/c1-10(2)13-7-14(17)11(3)6-15(13)21-9-16(19)18-12(4)8-20-5/h6-7,10,12H,8-9,17H2,1-5H3,(H,18,19). The molecular formula is C16H26N2O3. The highest BCUT2D eigenvalue weighted by Gasteiger charge is 2.13. The summed E-state index contributed by atoms with van der Waals surface area (Å²) in [6.45, 7) is 8.40. The zero-order chi connectivity index (χ0) is 16.0. The minimum Gasteiger partial charge on any atom is -0.483 e. The zero-order valence-electron chi connectivity index (χ0n) is 13.5. The molecule has 0 spiro atoms. The van der Waals surface area contributed by atoms with E-state index in [9.17, 15) is 4.79 Å². The fourth-order valence-electron chi connectivity index (χ4n) is 2.04. The summed E-state index contributed by atoms with van der Waals surface area (Å²) in [5.41, 5.74) is 8.63. The SMILES string of the molecule is COCC(C)NC(=O)COc1cc(C)c(N)cc1C(C)C. The predicted octanol–water partition coefficient (Wildman–Crippen LogP) is 2.23. The molecule has 0 heterocycles. The van der Waals surface area contributed by atoms with Gasteiger partial charge in [-0.25, -0.2) is 0 Å². The van der Waals surface area contributed by atoms with E-state index >= 15 is 0 Å². The van der Waals surface area contributed by atoms with Gasteiger partial charge in [0.15, 0.2) is 6.61 Å². The van der Waals surface area contributed by atoms with Crippen molar-refractivity contribution in [3.8, 4) is 5.75 Å². The first-order valence-electron chi connectivity index (χ1n) is 7.16. The number of nitrogens with two attached hydrogens (primary N) is 1. The third-order valence-electron chi connectivity index (χ3n) is 3.20. The Morgan fingerprint density at radius 3 is 2.57 bits per heavy atom. The second-order valence-electron chi connectivity index (χ2n) is 5.61. The Bertz CT molecular complexity index is 487. The van der Waals surface area contributed by atoms with Crippen molar-refractivity contribution in [1.29, 1.82) is 0 Å². The normalized spacial score (nSPS) is 12.3. The number of anilines is 1. The number of amides is 1. The summed E-state index contributed by atoms with van der Waals surface area (Å²) >= 11 is 0. The van der Waals surface area contributed by atoms with Crippen molar-refractivity contribution in [2.75, 3.05) is 26.1 Å². The van der Waals surface area contributed by atoms with Gasteiger partial charge in [-0.05, 0) is 43.0 Å². The van der Waals surface area contributed by atoms with Crippen LogP contribution >= 0.6 is 0 Å². The highest BCUT2D eigenvalue weighted by atomic mass is 16.5. The molecule has 5 heteroatoms. The predicted molar refractivity (Wildman–Crippen MR) is 84.7 cm³/mol. The van der Waals surface area contributed by atoms with E-state index in [1.807, 2.05) is 26.0 Å². The molecule has 0 aromatic heterocycles. The van der Waals surface area contributed by atoms with Crippen molar-refractivity contribution < 1.29 is 14.3 Å². The van der Waals surface area contributed by atoms with Crippen molar-refractivity contribution in [1.82, 2.24) is 5.32 Å². The maximum Gasteiger partial charge on any atom is 0.258 e. The number of carbonyl (C=O) groups excluding carboxylic acids is 1. The molecule has 0 aliphatic rings. The number of nitrogen functional groups attached to an aromatic ring is 1. The highest BCUT2D eigenvalue weighted by Crippen LogP contribution is 2.30. The molecule has 1 aromatic carbocycles. The average molecular weight is 294 g/mol. The molecule has 1 amide bonds. The fourth-order valence-corrected chi connectivity index (χ4v) is 2.04. The van der Waals surface area contributed by atoms with Crippen LogP contribution in [0.2, 0.25) is 0 Å². The van der Waals surface area contributed by atoms with Crippen LogP contribution in [0, 0.1) is 6.92 Å². The van der Waals surface area contributed by atoms with Gasteiger partial charge in [0.25, 0.3) is 5.91 Å². The second kappa shape index (κ2) is 7.88.